The smallest absolute Gasteiger partial charge is 0.189 e. The average Bonchev–Trinajstić information content (AvgIpc) is 2.32. The van der Waals surface area contributed by atoms with Crippen molar-refractivity contribution < 1.29 is 0 Å². The zero-order valence-electron chi connectivity index (χ0n) is 9.02. The fraction of sp³-hybridized carbons (Fsp3) is 0.167. The van der Waals surface area contributed by atoms with Gasteiger partial charge >= 0.3 is 0 Å². The summed E-state index contributed by atoms with van der Waals surface area (Å²) in [6.45, 7) is 0. The highest BCUT2D eigenvalue weighted by Gasteiger charge is 2.08. The van der Waals surface area contributed by atoms with Crippen LogP contribution in [0.25, 0.3) is 10.9 Å². The lowest BCUT2D eigenvalue weighted by atomic mass is 10.1. The van der Waals surface area contributed by atoms with Gasteiger partial charge in [-0.15, -0.1) is 11.8 Å². The number of pyridine rings is 1. The lowest BCUT2D eigenvalue weighted by molar-refractivity contribution is 0.947. The van der Waals surface area contributed by atoms with Crippen LogP contribution >= 0.6 is 11.8 Å². The molecule has 0 aliphatic rings. The van der Waals surface area contributed by atoms with E-state index in [2.05, 4.69) is 6.07 Å². The molecule has 1 heterocycles. The number of aromatic nitrogens is 1. The molecule has 3 nitrogen and oxygen atoms in total. The molecule has 4 heteroatoms. The van der Waals surface area contributed by atoms with Crippen molar-refractivity contribution in [3.63, 3.8) is 0 Å². The van der Waals surface area contributed by atoms with Gasteiger partial charge in [0.15, 0.2) is 5.43 Å². The summed E-state index contributed by atoms with van der Waals surface area (Å²) in [5, 5.41) is 9.70. The minimum absolute atomic E-state index is 0.0412. The van der Waals surface area contributed by atoms with Gasteiger partial charge in [-0.05, 0) is 18.4 Å². The fourth-order valence-electron chi connectivity index (χ4n) is 1.72. The van der Waals surface area contributed by atoms with Crippen molar-refractivity contribution >= 4 is 22.7 Å². The molecule has 0 amide bonds. The Balaban J connectivity index is 3.02. The molecule has 16 heavy (non-hydrogen) atoms. The van der Waals surface area contributed by atoms with E-state index in [9.17, 15) is 4.79 Å². The zero-order valence-corrected chi connectivity index (χ0v) is 9.84. The molecule has 1 aromatic carbocycles. The third-order valence-corrected chi connectivity index (χ3v) is 3.21. The lowest BCUT2D eigenvalue weighted by Crippen LogP contribution is -2.06. The van der Waals surface area contributed by atoms with Crippen molar-refractivity contribution in [2.75, 3.05) is 6.26 Å². The van der Waals surface area contributed by atoms with Crippen LogP contribution in [0.4, 0.5) is 0 Å². The Morgan fingerprint density at radius 3 is 2.81 bits per heavy atom. The molecule has 0 bridgehead atoms. The van der Waals surface area contributed by atoms with Crippen LogP contribution in [0, 0.1) is 11.3 Å². The van der Waals surface area contributed by atoms with E-state index in [0.717, 1.165) is 4.90 Å². The highest BCUT2D eigenvalue weighted by molar-refractivity contribution is 7.98. The highest BCUT2D eigenvalue weighted by Crippen LogP contribution is 2.23. The van der Waals surface area contributed by atoms with Crippen LogP contribution in [0.2, 0.25) is 0 Å². The minimum Gasteiger partial charge on any atom is -0.349 e. The van der Waals surface area contributed by atoms with E-state index >= 15 is 0 Å². The van der Waals surface area contributed by atoms with Gasteiger partial charge in [-0.3, -0.25) is 4.79 Å². The molecular weight excluding hydrogens is 220 g/mol. The van der Waals surface area contributed by atoms with E-state index in [1.165, 1.54) is 17.8 Å². The Morgan fingerprint density at radius 1 is 1.44 bits per heavy atom. The van der Waals surface area contributed by atoms with E-state index in [1.54, 1.807) is 10.8 Å². The quantitative estimate of drug-likeness (QED) is 0.705. The molecule has 2 aromatic rings. The molecule has 80 valence electrons. The predicted molar refractivity (Wildman–Crippen MR) is 65.7 cm³/mol. The lowest BCUT2D eigenvalue weighted by Gasteiger charge is -2.07. The van der Waals surface area contributed by atoms with Gasteiger partial charge < -0.3 is 4.57 Å². The first kappa shape index (κ1) is 10.8. The molecule has 0 atom stereocenters. The molecule has 0 fully saturated rings. The van der Waals surface area contributed by atoms with Gasteiger partial charge in [-0.2, -0.15) is 5.26 Å². The van der Waals surface area contributed by atoms with Crippen molar-refractivity contribution in [2.24, 2.45) is 7.05 Å². The molecule has 0 N–H and O–H groups in total. The second-order valence-electron chi connectivity index (χ2n) is 3.47. The molecule has 0 aliphatic carbocycles. The fourth-order valence-corrected chi connectivity index (χ4v) is 2.19. The van der Waals surface area contributed by atoms with Crippen LogP contribution in [0.5, 0.6) is 0 Å². The number of fused-ring (bicyclic) bond motifs is 1. The largest absolute Gasteiger partial charge is 0.349 e. The topological polar surface area (TPSA) is 45.8 Å². The van der Waals surface area contributed by atoms with Crippen molar-refractivity contribution in [3.8, 4) is 6.07 Å². The molecule has 0 radical (unpaired) electrons. The molecule has 1 aromatic heterocycles. The summed E-state index contributed by atoms with van der Waals surface area (Å²) in [6.07, 6.45) is 3.61. The van der Waals surface area contributed by atoms with E-state index in [0.29, 0.717) is 16.5 Å². The number of hydrogen-bond donors (Lipinski definition) is 0. The Labute approximate surface area is 97.3 Å². The SMILES string of the molecule is CSc1cc(C#N)c2c(c1)c(=O)ccn2C. The molecule has 0 saturated carbocycles. The molecular formula is C12H10N2OS. The number of hydrogen-bond acceptors (Lipinski definition) is 3. The van der Waals surface area contributed by atoms with Crippen molar-refractivity contribution in [2.45, 2.75) is 4.90 Å². The van der Waals surface area contributed by atoms with Crippen LogP contribution in [-0.2, 0) is 7.05 Å². The first-order valence-electron chi connectivity index (χ1n) is 4.75. The first-order valence-corrected chi connectivity index (χ1v) is 5.97. The summed E-state index contributed by atoms with van der Waals surface area (Å²) < 4.78 is 1.80. The maximum absolute atomic E-state index is 11.7. The molecule has 0 aliphatic heterocycles. The summed E-state index contributed by atoms with van der Waals surface area (Å²) >= 11 is 1.53. The number of nitriles is 1. The normalized spacial score (nSPS) is 10.3. The van der Waals surface area contributed by atoms with Gasteiger partial charge in [-0.1, -0.05) is 0 Å². The maximum Gasteiger partial charge on any atom is 0.189 e. The minimum atomic E-state index is -0.0412. The van der Waals surface area contributed by atoms with Crippen LogP contribution in [0.15, 0.2) is 34.1 Å². The summed E-state index contributed by atoms with van der Waals surface area (Å²) in [4.78, 5) is 12.7. The average molecular weight is 230 g/mol. The summed E-state index contributed by atoms with van der Waals surface area (Å²) in [5.41, 5.74) is 1.20. The number of thioether (sulfide) groups is 1. The van der Waals surface area contributed by atoms with Crippen molar-refractivity contribution in [3.05, 3.63) is 40.2 Å². The third-order valence-electron chi connectivity index (χ3n) is 2.51. The Morgan fingerprint density at radius 2 is 2.19 bits per heavy atom. The Kier molecular flexibility index (Phi) is 2.71. The van der Waals surface area contributed by atoms with Crippen LogP contribution in [0.3, 0.4) is 0 Å². The molecule has 0 unspecified atom stereocenters. The van der Waals surface area contributed by atoms with Gasteiger partial charge in [-0.25, -0.2) is 0 Å². The number of benzene rings is 1. The van der Waals surface area contributed by atoms with E-state index in [1.807, 2.05) is 25.4 Å². The van der Waals surface area contributed by atoms with Crippen LogP contribution in [-0.4, -0.2) is 10.8 Å². The van der Waals surface area contributed by atoms with E-state index in [-0.39, 0.29) is 5.43 Å². The summed E-state index contributed by atoms with van der Waals surface area (Å²) in [5.74, 6) is 0. The predicted octanol–water partition coefficient (Wildman–Crippen LogP) is 2.13. The van der Waals surface area contributed by atoms with Gasteiger partial charge in [0, 0.05) is 29.6 Å². The van der Waals surface area contributed by atoms with Gasteiger partial charge in [0.05, 0.1) is 11.1 Å². The van der Waals surface area contributed by atoms with Crippen molar-refractivity contribution in [1.82, 2.24) is 4.57 Å². The van der Waals surface area contributed by atoms with Gasteiger partial charge in [0.25, 0.3) is 0 Å². The second kappa shape index (κ2) is 4.03. The highest BCUT2D eigenvalue weighted by atomic mass is 32.2. The van der Waals surface area contributed by atoms with Crippen LogP contribution in [0.1, 0.15) is 5.56 Å². The number of rotatable bonds is 1. The monoisotopic (exact) mass is 230 g/mol. The summed E-state index contributed by atoms with van der Waals surface area (Å²) in [6, 6.07) is 7.31. The van der Waals surface area contributed by atoms with Gasteiger partial charge in [0.2, 0.25) is 0 Å². The van der Waals surface area contributed by atoms with Crippen molar-refractivity contribution in [1.29, 1.82) is 5.26 Å². The second-order valence-corrected chi connectivity index (χ2v) is 4.35. The summed E-state index contributed by atoms with van der Waals surface area (Å²) in [7, 11) is 1.83. The first-order chi connectivity index (χ1) is 7.67. The Hall–Kier alpha value is -1.73. The number of aryl methyl sites for hydroxylation is 1. The molecule has 0 saturated heterocycles. The van der Waals surface area contributed by atoms with E-state index < -0.39 is 0 Å². The number of nitrogens with zero attached hydrogens (tertiary/aromatic N) is 2. The third kappa shape index (κ3) is 1.59. The zero-order chi connectivity index (χ0) is 11.7. The molecule has 0 spiro atoms. The van der Waals surface area contributed by atoms with Crippen LogP contribution < -0.4 is 5.43 Å². The van der Waals surface area contributed by atoms with E-state index in [4.69, 9.17) is 5.26 Å². The van der Waals surface area contributed by atoms with Gasteiger partial charge in [0.1, 0.15) is 6.07 Å². The maximum atomic E-state index is 11.7. The standard InChI is InChI=1S/C12H10N2OS/c1-14-4-3-11(15)10-6-9(16-2)5-8(7-13)12(10)14/h3-6H,1-2H3. The molecule has 2 rings (SSSR count). The Bertz CT molecular complexity index is 652.